The van der Waals surface area contributed by atoms with Gasteiger partial charge in [0.15, 0.2) is 11.5 Å². The van der Waals surface area contributed by atoms with Crippen LogP contribution < -0.4 is 19.5 Å². The molecule has 0 spiro atoms. The Hall–Kier alpha value is -3.42. The lowest BCUT2D eigenvalue weighted by Crippen LogP contribution is -2.29. The predicted molar refractivity (Wildman–Crippen MR) is 136 cm³/mol. The van der Waals surface area contributed by atoms with E-state index in [1.807, 2.05) is 18.2 Å². The Morgan fingerprint density at radius 1 is 1.03 bits per heavy atom. The normalized spacial score (nSPS) is 19.3. The number of carbonyl (C=O) groups is 1. The van der Waals surface area contributed by atoms with Gasteiger partial charge in [0.1, 0.15) is 0 Å². The van der Waals surface area contributed by atoms with Crippen LogP contribution in [-0.2, 0) is 4.74 Å². The van der Waals surface area contributed by atoms with Crippen LogP contribution in [0.2, 0.25) is 0 Å². The molecule has 0 saturated heterocycles. The van der Waals surface area contributed by atoms with E-state index in [9.17, 15) is 4.79 Å². The van der Waals surface area contributed by atoms with Crippen LogP contribution in [0.25, 0.3) is 11.0 Å². The molecule has 4 rings (SSSR count). The molecular weight excluding hydrogens is 446 g/mol. The Morgan fingerprint density at radius 3 is 2.29 bits per heavy atom. The van der Waals surface area contributed by atoms with E-state index in [1.165, 1.54) is 13.5 Å². The van der Waals surface area contributed by atoms with Gasteiger partial charge in [-0.1, -0.05) is 20.8 Å². The first-order chi connectivity index (χ1) is 16.7. The van der Waals surface area contributed by atoms with Crippen LogP contribution in [0.1, 0.15) is 56.4 Å². The Morgan fingerprint density at radius 2 is 1.71 bits per heavy atom. The maximum Gasteiger partial charge on any atom is 0.337 e. The summed E-state index contributed by atoms with van der Waals surface area (Å²) >= 11 is 0. The van der Waals surface area contributed by atoms with Gasteiger partial charge in [-0.25, -0.2) is 9.78 Å². The third kappa shape index (κ3) is 4.88. The number of carbonyl (C=O) groups excluding carboxylic acids is 1. The number of benzene rings is 2. The number of fused-ring (bicyclic) bond motifs is 1. The molecule has 1 aromatic heterocycles. The number of hydrogen-bond donors (Lipinski definition) is 1. The molecule has 188 valence electrons. The van der Waals surface area contributed by atoms with Crippen molar-refractivity contribution in [3.05, 3.63) is 35.9 Å². The molecule has 1 aliphatic carbocycles. The topological polar surface area (TPSA) is 83.8 Å². The molecule has 8 heteroatoms. The van der Waals surface area contributed by atoms with Crippen molar-refractivity contribution < 1.29 is 23.7 Å². The first kappa shape index (κ1) is 24.7. The second-order valence-corrected chi connectivity index (χ2v) is 10.1. The number of hydrogen-bond acceptors (Lipinski definition) is 7. The number of nitrogens with one attached hydrogen (secondary N) is 1. The SMILES string of the molecule is COC(=O)c1ccc2c(c1)nc(Nc1cc(OC)c(OC)c(OC)c1)n2[C@@H]1C[C@H](C)CC(C)(C)C1. The van der Waals surface area contributed by atoms with E-state index in [0.717, 1.165) is 29.6 Å². The van der Waals surface area contributed by atoms with Crippen molar-refractivity contribution in [3.8, 4) is 17.2 Å². The minimum absolute atomic E-state index is 0.217. The molecule has 0 radical (unpaired) electrons. The fourth-order valence-corrected chi connectivity index (χ4v) is 5.58. The number of ether oxygens (including phenoxy) is 4. The van der Waals surface area contributed by atoms with Gasteiger partial charge < -0.3 is 28.8 Å². The fraction of sp³-hybridized carbons (Fsp3) is 0.481. The summed E-state index contributed by atoms with van der Waals surface area (Å²) < 4.78 is 23.7. The minimum Gasteiger partial charge on any atom is -0.493 e. The molecule has 1 saturated carbocycles. The van der Waals surface area contributed by atoms with Gasteiger partial charge in [-0.3, -0.25) is 0 Å². The molecule has 0 amide bonds. The number of rotatable bonds is 7. The summed E-state index contributed by atoms with van der Waals surface area (Å²) in [5.74, 6) is 2.54. The highest BCUT2D eigenvalue weighted by atomic mass is 16.5. The van der Waals surface area contributed by atoms with Gasteiger partial charge in [0.05, 0.1) is 45.0 Å². The van der Waals surface area contributed by atoms with E-state index < -0.39 is 0 Å². The standard InChI is InChI=1S/C27H35N3O5/c1-16-10-19(15-27(2,3)14-16)30-21-9-8-17(25(31)35-7)11-20(21)29-26(30)28-18-12-22(32-4)24(34-6)23(13-18)33-5/h8-9,11-13,16,19H,10,14-15H2,1-7H3,(H,28,29)/t16-,19+/m0/s1. The Balaban J connectivity index is 1.85. The highest BCUT2D eigenvalue weighted by molar-refractivity contribution is 5.94. The zero-order valence-electron chi connectivity index (χ0n) is 21.6. The molecule has 0 aliphatic heterocycles. The van der Waals surface area contributed by atoms with Crippen LogP contribution in [0.3, 0.4) is 0 Å². The highest BCUT2D eigenvalue weighted by Crippen LogP contribution is 2.46. The number of nitrogens with zero attached hydrogens (tertiary/aromatic N) is 2. The Bertz CT molecular complexity index is 1210. The molecule has 1 heterocycles. The van der Waals surface area contributed by atoms with Gasteiger partial charge in [-0.2, -0.15) is 0 Å². The molecule has 0 bridgehead atoms. The fourth-order valence-electron chi connectivity index (χ4n) is 5.58. The van der Waals surface area contributed by atoms with Crippen LogP contribution in [0.5, 0.6) is 17.2 Å². The quantitative estimate of drug-likeness (QED) is 0.416. The maximum absolute atomic E-state index is 12.2. The van der Waals surface area contributed by atoms with Gasteiger partial charge >= 0.3 is 5.97 Å². The van der Waals surface area contributed by atoms with Crippen LogP contribution >= 0.6 is 0 Å². The largest absolute Gasteiger partial charge is 0.493 e. The van der Waals surface area contributed by atoms with E-state index in [4.69, 9.17) is 23.9 Å². The van der Waals surface area contributed by atoms with Crippen molar-refractivity contribution in [3.63, 3.8) is 0 Å². The molecule has 1 aliphatic rings. The number of methoxy groups -OCH3 is 4. The second kappa shape index (κ2) is 9.68. The molecule has 35 heavy (non-hydrogen) atoms. The minimum atomic E-state index is -0.381. The molecule has 2 atom stereocenters. The van der Waals surface area contributed by atoms with Gasteiger partial charge in [0, 0.05) is 23.9 Å². The lowest BCUT2D eigenvalue weighted by atomic mass is 9.70. The lowest BCUT2D eigenvalue weighted by Gasteiger charge is -2.40. The van der Waals surface area contributed by atoms with Gasteiger partial charge in [0.2, 0.25) is 11.7 Å². The van der Waals surface area contributed by atoms with E-state index in [0.29, 0.717) is 34.7 Å². The van der Waals surface area contributed by atoms with Gasteiger partial charge in [0.25, 0.3) is 0 Å². The van der Waals surface area contributed by atoms with Crippen molar-refractivity contribution in [2.75, 3.05) is 33.8 Å². The average Bonchev–Trinajstić information content (AvgIpc) is 3.18. The lowest BCUT2D eigenvalue weighted by molar-refractivity contribution is 0.0601. The van der Waals surface area contributed by atoms with E-state index in [-0.39, 0.29) is 17.4 Å². The number of imidazole rings is 1. The molecule has 0 unspecified atom stereocenters. The van der Waals surface area contributed by atoms with Crippen LogP contribution in [-0.4, -0.2) is 44.0 Å². The molecule has 8 nitrogen and oxygen atoms in total. The predicted octanol–water partition coefficient (Wildman–Crippen LogP) is 5.98. The summed E-state index contributed by atoms with van der Waals surface area (Å²) in [6, 6.07) is 9.52. The first-order valence-electron chi connectivity index (χ1n) is 11.9. The van der Waals surface area contributed by atoms with Crippen molar-refractivity contribution in [2.45, 2.75) is 46.1 Å². The van der Waals surface area contributed by atoms with Crippen molar-refractivity contribution in [2.24, 2.45) is 11.3 Å². The van der Waals surface area contributed by atoms with Crippen LogP contribution in [0.15, 0.2) is 30.3 Å². The van der Waals surface area contributed by atoms with Crippen molar-refractivity contribution in [1.82, 2.24) is 9.55 Å². The van der Waals surface area contributed by atoms with Gasteiger partial charge in [-0.05, 0) is 48.8 Å². The Kier molecular flexibility index (Phi) is 6.83. The average molecular weight is 482 g/mol. The Labute approximate surface area is 206 Å². The third-order valence-corrected chi connectivity index (χ3v) is 6.76. The highest BCUT2D eigenvalue weighted by Gasteiger charge is 2.35. The summed E-state index contributed by atoms with van der Waals surface area (Å²) in [6.07, 6.45) is 3.28. The molecule has 2 aromatic carbocycles. The molecule has 1 fully saturated rings. The summed E-state index contributed by atoms with van der Waals surface area (Å²) in [5.41, 5.74) is 3.16. The number of esters is 1. The second-order valence-electron chi connectivity index (χ2n) is 10.1. The smallest absolute Gasteiger partial charge is 0.337 e. The summed E-state index contributed by atoms with van der Waals surface area (Å²) in [7, 11) is 6.15. The third-order valence-electron chi connectivity index (χ3n) is 6.76. The zero-order chi connectivity index (χ0) is 25.3. The monoisotopic (exact) mass is 481 g/mol. The van der Waals surface area contributed by atoms with E-state index in [2.05, 4.69) is 30.7 Å². The number of anilines is 2. The van der Waals surface area contributed by atoms with E-state index >= 15 is 0 Å². The summed E-state index contributed by atoms with van der Waals surface area (Å²) in [4.78, 5) is 17.1. The van der Waals surface area contributed by atoms with Crippen molar-refractivity contribution in [1.29, 1.82) is 0 Å². The molecule has 3 aromatic rings. The van der Waals surface area contributed by atoms with Crippen LogP contribution in [0.4, 0.5) is 11.6 Å². The number of aromatic nitrogens is 2. The maximum atomic E-state index is 12.2. The zero-order valence-corrected chi connectivity index (χ0v) is 21.6. The summed E-state index contributed by atoms with van der Waals surface area (Å²) in [6.45, 7) is 6.97. The van der Waals surface area contributed by atoms with Crippen molar-refractivity contribution >= 4 is 28.6 Å². The first-order valence-corrected chi connectivity index (χ1v) is 11.9. The van der Waals surface area contributed by atoms with Gasteiger partial charge in [-0.15, -0.1) is 0 Å². The molecule has 1 N–H and O–H groups in total. The van der Waals surface area contributed by atoms with Crippen LogP contribution in [0, 0.1) is 11.3 Å². The van der Waals surface area contributed by atoms with E-state index in [1.54, 1.807) is 33.5 Å². The molecular formula is C27H35N3O5. The summed E-state index contributed by atoms with van der Waals surface area (Å²) in [5, 5.41) is 3.48.